The first-order valence-electron chi connectivity index (χ1n) is 9.35. The molecule has 0 saturated carbocycles. The first-order valence-corrected chi connectivity index (χ1v) is 9.35. The Bertz CT molecular complexity index is 318. The quantitative estimate of drug-likeness (QED) is 0.840. The van der Waals surface area contributed by atoms with Gasteiger partial charge in [0.25, 0.3) is 0 Å². The molecule has 0 spiro atoms. The van der Waals surface area contributed by atoms with E-state index in [0.29, 0.717) is 6.04 Å². The van der Waals surface area contributed by atoms with Crippen LogP contribution in [0.25, 0.3) is 0 Å². The molecule has 3 rings (SSSR count). The lowest BCUT2D eigenvalue weighted by Crippen LogP contribution is -2.47. The van der Waals surface area contributed by atoms with Crippen molar-refractivity contribution in [3.05, 3.63) is 0 Å². The fourth-order valence-corrected chi connectivity index (χ4v) is 5.00. The van der Waals surface area contributed by atoms with Crippen molar-refractivity contribution >= 4 is 0 Å². The maximum Gasteiger partial charge on any atom is 0.00988 e. The van der Waals surface area contributed by atoms with Crippen LogP contribution >= 0.6 is 0 Å². The van der Waals surface area contributed by atoms with Crippen molar-refractivity contribution < 1.29 is 0 Å². The van der Waals surface area contributed by atoms with Gasteiger partial charge in [0.05, 0.1) is 0 Å². The molecule has 1 N–H and O–H groups in total. The maximum atomic E-state index is 3.91. The highest BCUT2D eigenvalue weighted by atomic mass is 15.2. The molecule has 3 heteroatoms. The third-order valence-electron chi connectivity index (χ3n) is 6.62. The van der Waals surface area contributed by atoms with Crippen LogP contribution in [0.5, 0.6) is 0 Å². The summed E-state index contributed by atoms with van der Waals surface area (Å²) < 4.78 is 0. The highest BCUT2D eigenvalue weighted by molar-refractivity contribution is 4.94. The van der Waals surface area contributed by atoms with E-state index in [1.807, 2.05) is 0 Å². The molecule has 3 aliphatic rings. The van der Waals surface area contributed by atoms with Crippen molar-refractivity contribution in [2.75, 3.05) is 33.2 Å². The second kappa shape index (κ2) is 6.97. The number of fused-ring (bicyclic) bond motifs is 2. The molecule has 0 radical (unpaired) electrons. The molecule has 0 aromatic heterocycles. The van der Waals surface area contributed by atoms with E-state index < -0.39 is 0 Å². The molecular formula is C18H35N3. The highest BCUT2D eigenvalue weighted by Crippen LogP contribution is 2.37. The SMILES string of the molecule is CCN1CCCC(C(C)NCC2CC3CCC(C2)N3C)C1. The number of rotatable bonds is 5. The van der Waals surface area contributed by atoms with Gasteiger partial charge in [-0.05, 0) is 84.0 Å². The van der Waals surface area contributed by atoms with Crippen LogP contribution in [0.1, 0.15) is 52.4 Å². The molecule has 0 aliphatic carbocycles. The number of hydrogen-bond donors (Lipinski definition) is 1. The van der Waals surface area contributed by atoms with Crippen LogP contribution in [0, 0.1) is 11.8 Å². The van der Waals surface area contributed by atoms with E-state index in [9.17, 15) is 0 Å². The Hall–Kier alpha value is -0.120. The van der Waals surface area contributed by atoms with Crippen molar-refractivity contribution in [1.29, 1.82) is 0 Å². The Labute approximate surface area is 131 Å². The second-order valence-electron chi connectivity index (χ2n) is 7.88. The third-order valence-corrected chi connectivity index (χ3v) is 6.62. The average Bonchev–Trinajstić information content (AvgIpc) is 2.74. The van der Waals surface area contributed by atoms with Crippen molar-refractivity contribution in [1.82, 2.24) is 15.1 Å². The zero-order chi connectivity index (χ0) is 14.8. The average molecular weight is 293 g/mol. The Morgan fingerprint density at radius 3 is 2.52 bits per heavy atom. The van der Waals surface area contributed by atoms with Crippen LogP contribution in [0.15, 0.2) is 0 Å². The molecule has 122 valence electrons. The summed E-state index contributed by atoms with van der Waals surface area (Å²) in [5.41, 5.74) is 0. The summed E-state index contributed by atoms with van der Waals surface area (Å²) in [6.45, 7) is 9.83. The number of hydrogen-bond acceptors (Lipinski definition) is 3. The summed E-state index contributed by atoms with van der Waals surface area (Å²) >= 11 is 0. The van der Waals surface area contributed by atoms with Gasteiger partial charge in [0, 0.05) is 24.7 Å². The van der Waals surface area contributed by atoms with E-state index in [4.69, 9.17) is 0 Å². The van der Waals surface area contributed by atoms with E-state index in [0.717, 1.165) is 23.9 Å². The van der Waals surface area contributed by atoms with Crippen molar-refractivity contribution in [3.8, 4) is 0 Å². The van der Waals surface area contributed by atoms with Gasteiger partial charge in [0.1, 0.15) is 0 Å². The van der Waals surface area contributed by atoms with Gasteiger partial charge in [-0.2, -0.15) is 0 Å². The predicted octanol–water partition coefficient (Wildman–Crippen LogP) is 2.57. The molecule has 4 atom stereocenters. The Kier molecular flexibility index (Phi) is 5.23. The van der Waals surface area contributed by atoms with Gasteiger partial charge >= 0.3 is 0 Å². The van der Waals surface area contributed by atoms with Crippen LogP contribution in [-0.2, 0) is 0 Å². The van der Waals surface area contributed by atoms with Crippen molar-refractivity contribution in [2.45, 2.75) is 70.5 Å². The smallest absolute Gasteiger partial charge is 0.00988 e. The van der Waals surface area contributed by atoms with E-state index in [1.54, 1.807) is 0 Å². The van der Waals surface area contributed by atoms with Gasteiger partial charge in [-0.1, -0.05) is 6.92 Å². The first-order chi connectivity index (χ1) is 10.2. The zero-order valence-corrected chi connectivity index (χ0v) is 14.4. The molecule has 3 aliphatic heterocycles. The van der Waals surface area contributed by atoms with Gasteiger partial charge < -0.3 is 15.1 Å². The Morgan fingerprint density at radius 1 is 1.14 bits per heavy atom. The lowest BCUT2D eigenvalue weighted by Gasteiger charge is -2.39. The maximum absolute atomic E-state index is 3.91. The van der Waals surface area contributed by atoms with E-state index in [1.165, 1.54) is 64.7 Å². The Balaban J connectivity index is 1.42. The van der Waals surface area contributed by atoms with Gasteiger partial charge in [0.15, 0.2) is 0 Å². The van der Waals surface area contributed by atoms with Crippen LogP contribution < -0.4 is 5.32 Å². The monoisotopic (exact) mass is 293 g/mol. The van der Waals surface area contributed by atoms with Crippen LogP contribution in [-0.4, -0.2) is 61.2 Å². The zero-order valence-electron chi connectivity index (χ0n) is 14.4. The summed E-state index contributed by atoms with van der Waals surface area (Å²) in [4.78, 5) is 5.28. The minimum absolute atomic E-state index is 0.691. The standard InChI is InChI=1S/C18H35N3/c1-4-21-9-5-6-16(13-21)14(2)19-12-15-10-17-7-8-18(11-15)20(17)3/h14-19H,4-13H2,1-3H3. The molecule has 3 saturated heterocycles. The third kappa shape index (κ3) is 3.62. The molecule has 4 unspecified atom stereocenters. The van der Waals surface area contributed by atoms with Gasteiger partial charge in [-0.3, -0.25) is 0 Å². The van der Waals surface area contributed by atoms with Crippen LogP contribution in [0.2, 0.25) is 0 Å². The van der Waals surface area contributed by atoms with E-state index >= 15 is 0 Å². The fraction of sp³-hybridized carbons (Fsp3) is 1.00. The highest BCUT2D eigenvalue weighted by Gasteiger charge is 2.38. The van der Waals surface area contributed by atoms with Gasteiger partial charge in [-0.25, -0.2) is 0 Å². The topological polar surface area (TPSA) is 18.5 Å². The van der Waals surface area contributed by atoms with Crippen molar-refractivity contribution in [2.24, 2.45) is 11.8 Å². The van der Waals surface area contributed by atoms with Crippen LogP contribution in [0.3, 0.4) is 0 Å². The summed E-state index contributed by atoms with van der Waals surface area (Å²) in [7, 11) is 2.34. The van der Waals surface area contributed by atoms with E-state index in [-0.39, 0.29) is 0 Å². The molecule has 3 heterocycles. The lowest BCUT2D eigenvalue weighted by molar-refractivity contribution is 0.122. The lowest BCUT2D eigenvalue weighted by atomic mass is 9.88. The minimum Gasteiger partial charge on any atom is -0.314 e. The number of likely N-dealkylation sites (tertiary alicyclic amines) is 1. The molecule has 2 bridgehead atoms. The first kappa shape index (κ1) is 15.8. The summed E-state index contributed by atoms with van der Waals surface area (Å²) in [6.07, 6.45) is 8.56. The number of nitrogens with one attached hydrogen (secondary N) is 1. The Morgan fingerprint density at radius 2 is 1.86 bits per heavy atom. The number of piperidine rings is 2. The molecule has 3 nitrogen and oxygen atoms in total. The van der Waals surface area contributed by atoms with Crippen LogP contribution in [0.4, 0.5) is 0 Å². The number of nitrogens with zero attached hydrogens (tertiary/aromatic N) is 2. The molecular weight excluding hydrogens is 258 g/mol. The summed E-state index contributed by atoms with van der Waals surface area (Å²) in [5, 5.41) is 3.91. The molecule has 0 aromatic rings. The van der Waals surface area contributed by atoms with Gasteiger partial charge in [-0.15, -0.1) is 0 Å². The fourth-order valence-electron chi connectivity index (χ4n) is 5.00. The van der Waals surface area contributed by atoms with Gasteiger partial charge in [0.2, 0.25) is 0 Å². The summed E-state index contributed by atoms with van der Waals surface area (Å²) in [5.74, 6) is 1.79. The molecule has 3 fully saturated rings. The second-order valence-corrected chi connectivity index (χ2v) is 7.88. The largest absolute Gasteiger partial charge is 0.314 e. The van der Waals surface area contributed by atoms with Crippen molar-refractivity contribution in [3.63, 3.8) is 0 Å². The molecule has 21 heavy (non-hydrogen) atoms. The molecule has 0 amide bonds. The summed E-state index contributed by atoms with van der Waals surface area (Å²) in [6, 6.07) is 2.46. The normalized spacial score (nSPS) is 39.6. The minimum atomic E-state index is 0.691. The predicted molar refractivity (Wildman–Crippen MR) is 89.6 cm³/mol. The molecule has 0 aromatic carbocycles. The van der Waals surface area contributed by atoms with E-state index in [2.05, 4.69) is 36.0 Å².